The van der Waals surface area contributed by atoms with Crippen LogP contribution in [0.15, 0.2) is 41.9 Å². The average molecular weight is 259 g/mol. The highest BCUT2D eigenvalue weighted by Crippen LogP contribution is 2.04. The van der Waals surface area contributed by atoms with E-state index in [0.29, 0.717) is 6.54 Å². The Kier molecular flexibility index (Phi) is 7.40. The van der Waals surface area contributed by atoms with Crippen LogP contribution in [0, 0.1) is 6.92 Å². The normalized spacial score (nSPS) is 11.2. The molecule has 1 aromatic carbocycles. The highest BCUT2D eigenvalue weighted by atomic mass is 15.2. The minimum atomic E-state index is 0.693. The van der Waals surface area contributed by atoms with Gasteiger partial charge in [0.25, 0.3) is 0 Å². The summed E-state index contributed by atoms with van der Waals surface area (Å²) in [5, 5.41) is 6.56. The number of benzene rings is 1. The fraction of sp³-hybridized carbons (Fsp3) is 0.438. The summed E-state index contributed by atoms with van der Waals surface area (Å²) in [7, 11) is 0. The first-order chi connectivity index (χ1) is 9.26. The van der Waals surface area contributed by atoms with Gasteiger partial charge in [0.05, 0.1) is 6.54 Å². The predicted molar refractivity (Wildman–Crippen MR) is 83.4 cm³/mol. The monoisotopic (exact) mass is 259 g/mol. The molecule has 0 saturated carbocycles. The van der Waals surface area contributed by atoms with Crippen LogP contribution in [0.25, 0.3) is 0 Å². The molecule has 0 radical (unpaired) electrons. The molecule has 0 fully saturated rings. The van der Waals surface area contributed by atoms with Crippen molar-refractivity contribution in [2.24, 2.45) is 4.99 Å². The Morgan fingerprint density at radius 1 is 1.26 bits per heavy atom. The van der Waals surface area contributed by atoms with Gasteiger partial charge in [0.1, 0.15) is 0 Å². The lowest BCUT2D eigenvalue weighted by Gasteiger charge is -2.11. The third-order valence-corrected chi connectivity index (χ3v) is 2.78. The summed E-state index contributed by atoms with van der Waals surface area (Å²) in [6.45, 7) is 10.4. The van der Waals surface area contributed by atoms with E-state index in [9.17, 15) is 0 Å². The SMILES string of the molecule is C=CCNC(=NCc1ccc(C)cc1)NCCCC. The molecular weight excluding hydrogens is 234 g/mol. The zero-order valence-corrected chi connectivity index (χ0v) is 12.1. The van der Waals surface area contributed by atoms with Crippen molar-refractivity contribution >= 4 is 5.96 Å². The molecule has 19 heavy (non-hydrogen) atoms. The zero-order valence-electron chi connectivity index (χ0n) is 12.1. The zero-order chi connectivity index (χ0) is 13.9. The fourth-order valence-corrected chi connectivity index (χ4v) is 1.59. The highest BCUT2D eigenvalue weighted by Gasteiger charge is 1.97. The predicted octanol–water partition coefficient (Wildman–Crippen LogP) is 3.02. The molecule has 0 bridgehead atoms. The van der Waals surface area contributed by atoms with E-state index in [2.05, 4.69) is 60.3 Å². The molecule has 3 nitrogen and oxygen atoms in total. The van der Waals surface area contributed by atoms with Gasteiger partial charge in [-0.3, -0.25) is 0 Å². The third kappa shape index (κ3) is 6.65. The average Bonchev–Trinajstić information content (AvgIpc) is 2.43. The number of hydrogen-bond acceptors (Lipinski definition) is 1. The van der Waals surface area contributed by atoms with Gasteiger partial charge in [-0.15, -0.1) is 6.58 Å². The molecular formula is C16H25N3. The van der Waals surface area contributed by atoms with Crippen molar-refractivity contribution in [2.45, 2.75) is 33.2 Å². The van der Waals surface area contributed by atoms with E-state index in [1.54, 1.807) is 0 Å². The van der Waals surface area contributed by atoms with Gasteiger partial charge in [0.15, 0.2) is 5.96 Å². The first kappa shape index (κ1) is 15.3. The third-order valence-electron chi connectivity index (χ3n) is 2.78. The number of rotatable bonds is 7. The molecule has 1 aromatic rings. The molecule has 0 amide bonds. The van der Waals surface area contributed by atoms with Gasteiger partial charge in [0, 0.05) is 13.1 Å². The van der Waals surface area contributed by atoms with Crippen LogP contribution in [0.1, 0.15) is 30.9 Å². The van der Waals surface area contributed by atoms with Gasteiger partial charge in [0.2, 0.25) is 0 Å². The molecule has 0 aromatic heterocycles. The second kappa shape index (κ2) is 9.20. The minimum absolute atomic E-state index is 0.693. The second-order valence-corrected chi connectivity index (χ2v) is 4.60. The summed E-state index contributed by atoms with van der Waals surface area (Å²) >= 11 is 0. The van der Waals surface area contributed by atoms with Crippen molar-refractivity contribution in [3.05, 3.63) is 48.0 Å². The lowest BCUT2D eigenvalue weighted by molar-refractivity contribution is 0.734. The van der Waals surface area contributed by atoms with Crippen molar-refractivity contribution in [3.63, 3.8) is 0 Å². The van der Waals surface area contributed by atoms with Crippen LogP contribution in [0.5, 0.6) is 0 Å². The molecule has 0 aliphatic heterocycles. The van der Waals surface area contributed by atoms with Crippen molar-refractivity contribution in [1.29, 1.82) is 0 Å². The van der Waals surface area contributed by atoms with Gasteiger partial charge in [-0.1, -0.05) is 49.2 Å². The van der Waals surface area contributed by atoms with Gasteiger partial charge in [-0.2, -0.15) is 0 Å². The smallest absolute Gasteiger partial charge is 0.191 e. The number of hydrogen-bond donors (Lipinski definition) is 2. The second-order valence-electron chi connectivity index (χ2n) is 4.60. The maximum absolute atomic E-state index is 4.58. The summed E-state index contributed by atoms with van der Waals surface area (Å²) < 4.78 is 0. The summed E-state index contributed by atoms with van der Waals surface area (Å²) in [6, 6.07) is 8.48. The number of unbranched alkanes of at least 4 members (excludes halogenated alkanes) is 1. The van der Waals surface area contributed by atoms with Crippen LogP contribution in [-0.4, -0.2) is 19.0 Å². The standard InChI is InChI=1S/C16H25N3/c1-4-6-12-18-16(17-11-5-2)19-13-15-9-7-14(3)8-10-15/h5,7-10H,2,4,6,11-13H2,1,3H3,(H2,17,18,19). The first-order valence-electron chi connectivity index (χ1n) is 6.95. The minimum Gasteiger partial charge on any atom is -0.356 e. The highest BCUT2D eigenvalue weighted by molar-refractivity contribution is 5.79. The molecule has 104 valence electrons. The largest absolute Gasteiger partial charge is 0.356 e. The summed E-state index contributed by atoms with van der Waals surface area (Å²) in [6.07, 6.45) is 4.17. The topological polar surface area (TPSA) is 36.4 Å². The molecule has 0 aliphatic rings. The lowest BCUT2D eigenvalue weighted by atomic mass is 10.1. The van der Waals surface area contributed by atoms with Gasteiger partial charge >= 0.3 is 0 Å². The van der Waals surface area contributed by atoms with Crippen LogP contribution < -0.4 is 10.6 Å². The molecule has 1 rings (SSSR count). The Labute approximate surface area is 116 Å². The van der Waals surface area contributed by atoms with Crippen molar-refractivity contribution in [1.82, 2.24) is 10.6 Å². The Balaban J connectivity index is 2.53. The maximum atomic E-state index is 4.58. The lowest BCUT2D eigenvalue weighted by Crippen LogP contribution is -2.37. The van der Waals surface area contributed by atoms with Crippen molar-refractivity contribution < 1.29 is 0 Å². The summed E-state index contributed by atoms with van der Waals surface area (Å²) in [5.41, 5.74) is 2.50. The Morgan fingerprint density at radius 2 is 2.00 bits per heavy atom. The van der Waals surface area contributed by atoms with E-state index < -0.39 is 0 Å². The molecule has 0 heterocycles. The van der Waals surface area contributed by atoms with Crippen molar-refractivity contribution in [2.75, 3.05) is 13.1 Å². The van der Waals surface area contributed by atoms with E-state index in [1.165, 1.54) is 17.5 Å². The van der Waals surface area contributed by atoms with Crippen LogP contribution in [0.4, 0.5) is 0 Å². The van der Waals surface area contributed by atoms with E-state index in [4.69, 9.17) is 0 Å². The summed E-state index contributed by atoms with van der Waals surface area (Å²) in [5.74, 6) is 0.855. The maximum Gasteiger partial charge on any atom is 0.191 e. The molecule has 0 saturated heterocycles. The number of guanidine groups is 1. The molecule has 0 aliphatic carbocycles. The quantitative estimate of drug-likeness (QED) is 0.342. The van der Waals surface area contributed by atoms with Crippen molar-refractivity contribution in [3.8, 4) is 0 Å². The van der Waals surface area contributed by atoms with E-state index in [1.807, 2.05) is 6.08 Å². The molecule has 3 heteroatoms. The van der Waals surface area contributed by atoms with Crippen LogP contribution in [0.3, 0.4) is 0 Å². The van der Waals surface area contributed by atoms with E-state index in [0.717, 1.165) is 25.5 Å². The van der Waals surface area contributed by atoms with Crippen LogP contribution >= 0.6 is 0 Å². The Hall–Kier alpha value is -1.77. The van der Waals surface area contributed by atoms with Gasteiger partial charge in [-0.25, -0.2) is 4.99 Å². The van der Waals surface area contributed by atoms with E-state index in [-0.39, 0.29) is 0 Å². The first-order valence-corrected chi connectivity index (χ1v) is 6.95. The Bertz CT molecular complexity index is 393. The molecule has 0 atom stereocenters. The van der Waals surface area contributed by atoms with E-state index >= 15 is 0 Å². The fourth-order valence-electron chi connectivity index (χ4n) is 1.59. The van der Waals surface area contributed by atoms with Crippen LogP contribution in [0.2, 0.25) is 0 Å². The van der Waals surface area contributed by atoms with Gasteiger partial charge < -0.3 is 10.6 Å². The number of nitrogens with one attached hydrogen (secondary N) is 2. The number of aryl methyl sites for hydroxylation is 1. The molecule has 2 N–H and O–H groups in total. The van der Waals surface area contributed by atoms with Gasteiger partial charge in [-0.05, 0) is 18.9 Å². The van der Waals surface area contributed by atoms with Crippen LogP contribution in [-0.2, 0) is 6.54 Å². The summed E-state index contributed by atoms with van der Waals surface area (Å²) in [4.78, 5) is 4.58. The molecule has 0 unspecified atom stereocenters. The number of aliphatic imine (C=N–C) groups is 1. The molecule has 0 spiro atoms. The number of nitrogens with zero attached hydrogens (tertiary/aromatic N) is 1. The Morgan fingerprint density at radius 3 is 2.63 bits per heavy atom.